The molecule has 3 heterocycles. The van der Waals surface area contributed by atoms with E-state index in [2.05, 4.69) is 0 Å². The summed E-state index contributed by atoms with van der Waals surface area (Å²) < 4.78 is 50.9. The van der Waals surface area contributed by atoms with Gasteiger partial charge in [-0.3, -0.25) is 14.4 Å². The lowest BCUT2D eigenvalue weighted by Crippen LogP contribution is -2.61. The molecule has 3 rings (SSSR count). The molecule has 0 aromatic rings. The van der Waals surface area contributed by atoms with E-state index >= 15 is 0 Å². The molecule has 0 aromatic heterocycles. The molecule has 15 nitrogen and oxygen atoms in total. The first-order valence-corrected chi connectivity index (χ1v) is 20.4. The Morgan fingerprint density at radius 2 is 1.51 bits per heavy atom. The Morgan fingerprint density at radius 1 is 0.895 bits per heavy atom. The summed E-state index contributed by atoms with van der Waals surface area (Å²) in [6.45, 7) is 18.5. The van der Waals surface area contributed by atoms with Gasteiger partial charge in [-0.2, -0.15) is 0 Å². The van der Waals surface area contributed by atoms with Crippen molar-refractivity contribution in [1.82, 2.24) is 4.90 Å². The molecule has 3 N–H and O–H groups in total. The van der Waals surface area contributed by atoms with Crippen LogP contribution in [0.4, 0.5) is 0 Å². The van der Waals surface area contributed by atoms with Crippen molar-refractivity contribution in [1.29, 1.82) is 0 Å². The second kappa shape index (κ2) is 20.0. The normalized spacial score (nSPS) is 45.8. The molecule has 0 amide bonds. The quantitative estimate of drug-likeness (QED) is 0.156. The van der Waals surface area contributed by atoms with Crippen molar-refractivity contribution in [3.63, 3.8) is 0 Å². The Hall–Kier alpha value is -2.05. The third-order valence-corrected chi connectivity index (χ3v) is 12.8. The molecule has 0 spiro atoms. The number of ether oxygens (including phenoxy) is 8. The highest BCUT2D eigenvalue weighted by Crippen LogP contribution is 2.42. The maximum atomic E-state index is 14.3. The van der Waals surface area contributed by atoms with Gasteiger partial charge in [0.15, 0.2) is 24.5 Å². The first kappa shape index (κ1) is 49.3. The monoisotopic (exact) mass is 816 g/mol. The predicted octanol–water partition coefficient (Wildman–Crippen LogP) is 3.57. The number of nitrogens with zero attached hydrogens (tertiary/aromatic N) is 1. The van der Waals surface area contributed by atoms with E-state index in [-0.39, 0.29) is 43.0 Å². The van der Waals surface area contributed by atoms with E-state index in [0.717, 1.165) is 0 Å². The largest absolute Gasteiger partial charge is 0.491 e. The number of carbonyl (C=O) groups is 3. The highest BCUT2D eigenvalue weighted by atomic mass is 16.7. The van der Waals surface area contributed by atoms with Gasteiger partial charge in [-0.25, -0.2) is 0 Å². The van der Waals surface area contributed by atoms with Crippen molar-refractivity contribution in [2.75, 3.05) is 28.3 Å². The van der Waals surface area contributed by atoms with Gasteiger partial charge in [0.1, 0.15) is 23.6 Å². The second-order valence-electron chi connectivity index (χ2n) is 17.7. The number of carbonyl (C=O) groups excluding carboxylic acids is 3. The molecule has 15 heteroatoms. The van der Waals surface area contributed by atoms with Gasteiger partial charge in [0.2, 0.25) is 0 Å². The molecule has 0 radical (unpaired) electrons. The molecule has 3 aliphatic rings. The zero-order valence-corrected chi connectivity index (χ0v) is 36.9. The minimum atomic E-state index is -1.98. The van der Waals surface area contributed by atoms with Crippen LogP contribution in [-0.4, -0.2) is 150 Å². The van der Waals surface area contributed by atoms with Crippen molar-refractivity contribution in [3.05, 3.63) is 12.3 Å². The SMILES string of the molecule is CC[C@H]1OC(=O)[C@H](C)[C@@H](O[C@H]2C[C@@](C)(OC)[C@@H](O)[C@H](C)O2)[C@H](C)[C@@H](O[C@@H]2O[C@H](C)C[C@H](N(C)C)[C@H]2O/C=C/C(C)=O)[C@@](C)(OC)C[C@@H](C)C(=O)[C@H](C)[C@@H](O)[C@]1(C)O. The summed E-state index contributed by atoms with van der Waals surface area (Å²) in [6, 6.07) is -0.212. The second-order valence-corrected chi connectivity index (χ2v) is 17.7. The summed E-state index contributed by atoms with van der Waals surface area (Å²) in [6.07, 6.45) is -5.84. The van der Waals surface area contributed by atoms with Crippen molar-refractivity contribution in [3.8, 4) is 0 Å². The topological polar surface area (TPSA) is 189 Å². The molecule has 3 aliphatic heterocycles. The van der Waals surface area contributed by atoms with Crippen molar-refractivity contribution < 1.29 is 67.6 Å². The molecule has 0 unspecified atom stereocenters. The van der Waals surface area contributed by atoms with E-state index in [1.54, 1.807) is 41.5 Å². The number of hydrogen-bond acceptors (Lipinski definition) is 15. The summed E-state index contributed by atoms with van der Waals surface area (Å²) in [4.78, 5) is 42.4. The first-order chi connectivity index (χ1) is 26.4. The fraction of sp³-hybridized carbons (Fsp3) is 0.881. The average molecular weight is 816 g/mol. The van der Waals surface area contributed by atoms with E-state index in [9.17, 15) is 29.7 Å². The van der Waals surface area contributed by atoms with Crippen LogP contribution in [0.5, 0.6) is 0 Å². The van der Waals surface area contributed by atoms with Gasteiger partial charge in [-0.15, -0.1) is 0 Å². The highest BCUT2D eigenvalue weighted by molar-refractivity contribution is 5.86. The maximum Gasteiger partial charge on any atom is 0.311 e. The van der Waals surface area contributed by atoms with Crippen LogP contribution < -0.4 is 0 Å². The Kier molecular flexibility index (Phi) is 17.3. The van der Waals surface area contributed by atoms with Gasteiger partial charge in [0, 0.05) is 44.5 Å². The van der Waals surface area contributed by atoms with Gasteiger partial charge in [-0.05, 0) is 81.8 Å². The molecule has 0 bridgehead atoms. The number of methoxy groups -OCH3 is 2. The Balaban J connectivity index is 2.28. The molecule has 0 saturated carbocycles. The van der Waals surface area contributed by atoms with E-state index in [1.165, 1.54) is 40.4 Å². The van der Waals surface area contributed by atoms with Gasteiger partial charge in [-0.1, -0.05) is 27.7 Å². The van der Waals surface area contributed by atoms with Crippen molar-refractivity contribution in [2.24, 2.45) is 23.7 Å². The van der Waals surface area contributed by atoms with Crippen molar-refractivity contribution in [2.45, 2.75) is 186 Å². The summed E-state index contributed by atoms with van der Waals surface area (Å²) in [5.41, 5.74) is -4.31. The zero-order chi connectivity index (χ0) is 43.4. The summed E-state index contributed by atoms with van der Waals surface area (Å²) >= 11 is 0. The Bertz CT molecular complexity index is 1380. The van der Waals surface area contributed by atoms with Crippen LogP contribution in [0, 0.1) is 23.7 Å². The predicted molar refractivity (Wildman–Crippen MR) is 210 cm³/mol. The van der Waals surface area contributed by atoms with Gasteiger partial charge in [0.25, 0.3) is 0 Å². The first-order valence-electron chi connectivity index (χ1n) is 20.4. The fourth-order valence-electron chi connectivity index (χ4n) is 8.94. The summed E-state index contributed by atoms with van der Waals surface area (Å²) in [7, 11) is 6.86. The number of Topliss-reactive ketones (excluding diaryl/α,β-unsaturated/α-hetero) is 1. The molecule has 57 heavy (non-hydrogen) atoms. The van der Waals surface area contributed by atoms with E-state index in [1.807, 2.05) is 39.8 Å². The molecule has 0 aromatic carbocycles. The van der Waals surface area contributed by atoms with E-state index in [4.69, 9.17) is 37.9 Å². The zero-order valence-electron chi connectivity index (χ0n) is 36.9. The lowest BCUT2D eigenvalue weighted by atomic mass is 9.74. The Morgan fingerprint density at radius 3 is 2.05 bits per heavy atom. The third-order valence-electron chi connectivity index (χ3n) is 12.8. The average Bonchev–Trinajstić information content (AvgIpc) is 3.15. The van der Waals surface area contributed by atoms with Crippen LogP contribution in [-0.2, 0) is 52.3 Å². The van der Waals surface area contributed by atoms with Gasteiger partial charge in [0.05, 0.1) is 59.9 Å². The van der Waals surface area contributed by atoms with Crippen LogP contribution >= 0.6 is 0 Å². The van der Waals surface area contributed by atoms with Crippen LogP contribution in [0.2, 0.25) is 0 Å². The van der Waals surface area contributed by atoms with E-state index in [0.29, 0.717) is 6.42 Å². The molecule has 3 fully saturated rings. The lowest BCUT2D eigenvalue weighted by Gasteiger charge is -2.50. The number of aliphatic hydroxyl groups excluding tert-OH is 2. The molecule has 3 saturated heterocycles. The van der Waals surface area contributed by atoms with Crippen LogP contribution in [0.15, 0.2) is 12.3 Å². The molecule has 0 aliphatic carbocycles. The number of cyclic esters (lactones) is 1. The number of ketones is 2. The van der Waals surface area contributed by atoms with Crippen LogP contribution in [0.3, 0.4) is 0 Å². The molecule has 18 atom stereocenters. The maximum absolute atomic E-state index is 14.3. The molecule has 330 valence electrons. The Labute approximate surface area is 340 Å². The minimum Gasteiger partial charge on any atom is -0.491 e. The molecular weight excluding hydrogens is 742 g/mol. The highest BCUT2D eigenvalue weighted by Gasteiger charge is 2.54. The fourth-order valence-corrected chi connectivity index (χ4v) is 8.94. The van der Waals surface area contributed by atoms with Gasteiger partial charge < -0.3 is 58.1 Å². The smallest absolute Gasteiger partial charge is 0.311 e. The number of esters is 1. The standard InChI is InChI=1S/C42H73NO14/c1-16-30-42(11,49)35(46)25(5)32(45)22(2)20-41(10,51-15)37(57-39-34(52-18-17-23(3)44)29(43(12)13)19-24(4)53-39)26(6)33(27(7)38(48)55-30)56-31-21-40(9,50-14)36(47)28(8)54-31/h17-18,22,24-31,33-37,39,46-47,49H,16,19-21H2,1-15H3/b18-17+/t22-,24-,25+,26+,27-,28+,29+,30-,31+,33+,34-,35-,36+,37-,39+,40-,41+,42-/m1/s1. The number of hydrogen-bond donors (Lipinski definition) is 3. The van der Waals surface area contributed by atoms with Crippen LogP contribution in [0.1, 0.15) is 102 Å². The number of likely N-dealkylation sites (N-methyl/N-ethyl adjacent to an activating group) is 1. The minimum absolute atomic E-state index is 0.0966. The van der Waals surface area contributed by atoms with Crippen LogP contribution in [0.25, 0.3) is 0 Å². The molecular formula is C42H73NO14. The summed E-state index contributed by atoms with van der Waals surface area (Å²) in [5, 5.41) is 34.2. The van der Waals surface area contributed by atoms with Gasteiger partial charge >= 0.3 is 5.97 Å². The third kappa shape index (κ3) is 11.2. The van der Waals surface area contributed by atoms with Crippen molar-refractivity contribution >= 4 is 17.5 Å². The summed E-state index contributed by atoms with van der Waals surface area (Å²) in [5.74, 6) is -4.77. The number of rotatable bonds is 11. The van der Waals surface area contributed by atoms with E-state index < -0.39 is 102 Å². The number of allylic oxidation sites excluding steroid dienone is 1. The number of aliphatic hydroxyl groups is 3. The lowest BCUT2D eigenvalue weighted by molar-refractivity contribution is -0.319.